The molecule has 2 heterocycles. The van der Waals surface area contributed by atoms with Gasteiger partial charge in [-0.3, -0.25) is 4.79 Å². The number of carbonyl (C=O) groups excluding carboxylic acids is 1. The predicted octanol–water partition coefficient (Wildman–Crippen LogP) is 4.20. The van der Waals surface area contributed by atoms with Crippen molar-refractivity contribution in [3.63, 3.8) is 0 Å². The molecule has 1 aliphatic heterocycles. The molecule has 0 saturated carbocycles. The second-order valence-electron chi connectivity index (χ2n) is 6.86. The van der Waals surface area contributed by atoms with E-state index in [9.17, 15) is 9.18 Å². The molecule has 1 saturated heterocycles. The van der Waals surface area contributed by atoms with E-state index in [1.807, 2.05) is 31.2 Å². The average Bonchev–Trinajstić information content (AvgIpc) is 3.18. The number of halogens is 1. The maximum atomic E-state index is 13.1. The Hall–Kier alpha value is -3.02. The molecule has 0 aliphatic carbocycles. The van der Waals surface area contributed by atoms with Crippen molar-refractivity contribution in [3.8, 4) is 11.5 Å². The van der Waals surface area contributed by atoms with Crippen LogP contribution in [0.15, 0.2) is 52.9 Å². The van der Waals surface area contributed by atoms with Crippen molar-refractivity contribution in [3.05, 3.63) is 71.4 Å². The van der Waals surface area contributed by atoms with Gasteiger partial charge in [0.2, 0.25) is 11.8 Å². The number of hydrogen-bond donors (Lipinski definition) is 0. The van der Waals surface area contributed by atoms with Crippen molar-refractivity contribution >= 4 is 5.91 Å². The van der Waals surface area contributed by atoms with E-state index in [1.165, 1.54) is 24.3 Å². The predicted molar refractivity (Wildman–Crippen MR) is 98.7 cm³/mol. The molecule has 138 valence electrons. The molecule has 0 spiro atoms. The minimum atomic E-state index is -0.349. The second-order valence-corrected chi connectivity index (χ2v) is 6.86. The largest absolute Gasteiger partial charge is 0.420 e. The lowest BCUT2D eigenvalue weighted by Crippen LogP contribution is -2.39. The molecular weight excluding hydrogens is 345 g/mol. The maximum absolute atomic E-state index is 13.1. The molecule has 3 aromatic rings. The van der Waals surface area contributed by atoms with Gasteiger partial charge in [0, 0.05) is 24.2 Å². The maximum Gasteiger partial charge on any atom is 0.253 e. The molecule has 0 radical (unpaired) electrons. The summed E-state index contributed by atoms with van der Waals surface area (Å²) in [5.74, 6) is 0.624. The molecule has 1 atom stereocenters. The third kappa shape index (κ3) is 3.60. The van der Waals surface area contributed by atoms with Crippen LogP contribution in [0.5, 0.6) is 0 Å². The number of nitrogens with zero attached hydrogens (tertiary/aromatic N) is 3. The van der Waals surface area contributed by atoms with Crippen molar-refractivity contribution in [2.75, 3.05) is 13.1 Å². The second kappa shape index (κ2) is 7.31. The quantitative estimate of drug-likeness (QED) is 0.698. The topological polar surface area (TPSA) is 59.2 Å². The highest BCUT2D eigenvalue weighted by Gasteiger charge is 2.29. The first-order chi connectivity index (χ1) is 13.1. The SMILES string of the molecule is Cc1ccccc1-c1nnc([C@H]2CCCN(C(=O)c3ccc(F)cc3)C2)o1. The minimum Gasteiger partial charge on any atom is -0.420 e. The number of aryl methyl sites for hydroxylation is 1. The Bertz CT molecular complexity index is 952. The number of likely N-dealkylation sites (tertiary alicyclic amines) is 1. The van der Waals surface area contributed by atoms with Crippen molar-refractivity contribution in [2.24, 2.45) is 0 Å². The summed E-state index contributed by atoms with van der Waals surface area (Å²) < 4.78 is 19.0. The van der Waals surface area contributed by atoms with Crippen LogP contribution in [-0.2, 0) is 0 Å². The Morgan fingerprint density at radius 3 is 2.70 bits per heavy atom. The molecule has 1 fully saturated rings. The standard InChI is InChI=1S/C21H20FN3O2/c1-14-5-2-3-7-18(14)20-24-23-19(27-20)16-6-4-12-25(13-16)21(26)15-8-10-17(22)11-9-15/h2-3,5,7-11,16H,4,6,12-13H2,1H3/t16-/m0/s1. The Morgan fingerprint density at radius 2 is 1.93 bits per heavy atom. The monoisotopic (exact) mass is 365 g/mol. The number of carbonyl (C=O) groups is 1. The zero-order valence-corrected chi connectivity index (χ0v) is 15.1. The third-order valence-electron chi connectivity index (χ3n) is 4.97. The van der Waals surface area contributed by atoms with Crippen LogP contribution >= 0.6 is 0 Å². The van der Waals surface area contributed by atoms with Gasteiger partial charge in [-0.25, -0.2) is 4.39 Å². The van der Waals surface area contributed by atoms with Crippen molar-refractivity contribution in [2.45, 2.75) is 25.7 Å². The van der Waals surface area contributed by atoms with E-state index in [2.05, 4.69) is 10.2 Å². The van der Waals surface area contributed by atoms with Gasteiger partial charge in [0.05, 0.1) is 5.92 Å². The summed E-state index contributed by atoms with van der Waals surface area (Å²) in [5.41, 5.74) is 2.49. The number of benzene rings is 2. The highest BCUT2D eigenvalue weighted by atomic mass is 19.1. The van der Waals surface area contributed by atoms with Crippen LogP contribution in [0.4, 0.5) is 4.39 Å². The van der Waals surface area contributed by atoms with Crippen LogP contribution in [-0.4, -0.2) is 34.1 Å². The van der Waals surface area contributed by atoms with Crippen molar-refractivity contribution in [1.82, 2.24) is 15.1 Å². The number of hydrogen-bond acceptors (Lipinski definition) is 4. The fourth-order valence-electron chi connectivity index (χ4n) is 3.46. The molecule has 5 nitrogen and oxygen atoms in total. The van der Waals surface area contributed by atoms with Gasteiger partial charge in [0.15, 0.2) is 0 Å². The van der Waals surface area contributed by atoms with Crippen LogP contribution in [0.3, 0.4) is 0 Å². The van der Waals surface area contributed by atoms with Crippen LogP contribution < -0.4 is 0 Å². The lowest BCUT2D eigenvalue weighted by molar-refractivity contribution is 0.0698. The summed E-state index contributed by atoms with van der Waals surface area (Å²) in [7, 11) is 0. The molecular formula is C21H20FN3O2. The van der Waals surface area contributed by atoms with Gasteiger partial charge in [-0.15, -0.1) is 10.2 Å². The molecule has 4 rings (SSSR count). The molecule has 0 unspecified atom stereocenters. The van der Waals surface area contributed by atoms with Gasteiger partial charge < -0.3 is 9.32 Å². The smallest absolute Gasteiger partial charge is 0.253 e. The van der Waals surface area contributed by atoms with E-state index in [1.54, 1.807) is 4.90 Å². The van der Waals surface area contributed by atoms with E-state index in [0.29, 0.717) is 30.4 Å². The highest BCUT2D eigenvalue weighted by molar-refractivity contribution is 5.94. The summed E-state index contributed by atoms with van der Waals surface area (Å²) in [4.78, 5) is 14.5. The minimum absolute atomic E-state index is 0.00779. The van der Waals surface area contributed by atoms with E-state index >= 15 is 0 Å². The Kier molecular flexibility index (Phi) is 4.71. The average molecular weight is 365 g/mol. The normalized spacial score (nSPS) is 17.1. The van der Waals surface area contributed by atoms with Crippen LogP contribution in [0, 0.1) is 12.7 Å². The summed E-state index contributed by atoms with van der Waals surface area (Å²) in [6, 6.07) is 13.5. The zero-order chi connectivity index (χ0) is 18.8. The van der Waals surface area contributed by atoms with E-state index in [4.69, 9.17) is 4.42 Å². The lowest BCUT2D eigenvalue weighted by Gasteiger charge is -2.31. The molecule has 27 heavy (non-hydrogen) atoms. The van der Waals surface area contributed by atoms with Crippen LogP contribution in [0.25, 0.3) is 11.5 Å². The first-order valence-electron chi connectivity index (χ1n) is 9.06. The van der Waals surface area contributed by atoms with Gasteiger partial charge in [-0.1, -0.05) is 18.2 Å². The Morgan fingerprint density at radius 1 is 1.15 bits per heavy atom. The highest BCUT2D eigenvalue weighted by Crippen LogP contribution is 2.30. The Labute approximate surface area is 156 Å². The van der Waals surface area contributed by atoms with Gasteiger partial charge in [0.1, 0.15) is 5.82 Å². The van der Waals surface area contributed by atoms with Crippen molar-refractivity contribution in [1.29, 1.82) is 0 Å². The van der Waals surface area contributed by atoms with E-state index < -0.39 is 0 Å². The van der Waals surface area contributed by atoms with E-state index in [-0.39, 0.29) is 17.6 Å². The molecule has 1 aliphatic rings. The number of piperidine rings is 1. The number of rotatable bonds is 3. The molecule has 6 heteroatoms. The van der Waals surface area contributed by atoms with E-state index in [0.717, 1.165) is 24.0 Å². The molecule has 2 aromatic carbocycles. The fraction of sp³-hybridized carbons (Fsp3) is 0.286. The van der Waals surface area contributed by atoms with Gasteiger partial charge in [-0.05, 0) is 55.7 Å². The van der Waals surface area contributed by atoms with Gasteiger partial charge in [0.25, 0.3) is 5.91 Å². The summed E-state index contributed by atoms with van der Waals surface area (Å²) in [6.45, 7) is 3.19. The van der Waals surface area contributed by atoms with Crippen LogP contribution in [0.2, 0.25) is 0 Å². The first-order valence-corrected chi connectivity index (χ1v) is 9.06. The van der Waals surface area contributed by atoms with Gasteiger partial charge in [-0.2, -0.15) is 0 Å². The summed E-state index contributed by atoms with van der Waals surface area (Å²) in [5, 5.41) is 8.43. The van der Waals surface area contributed by atoms with Gasteiger partial charge >= 0.3 is 0 Å². The lowest BCUT2D eigenvalue weighted by atomic mass is 9.97. The molecule has 1 aromatic heterocycles. The summed E-state index contributed by atoms with van der Waals surface area (Å²) in [6.07, 6.45) is 1.75. The zero-order valence-electron chi connectivity index (χ0n) is 15.1. The number of amides is 1. The third-order valence-corrected chi connectivity index (χ3v) is 4.97. The molecule has 0 N–H and O–H groups in total. The fourth-order valence-corrected chi connectivity index (χ4v) is 3.46. The Balaban J connectivity index is 1.51. The van der Waals surface area contributed by atoms with Crippen LogP contribution in [0.1, 0.15) is 40.6 Å². The van der Waals surface area contributed by atoms with Crippen molar-refractivity contribution < 1.29 is 13.6 Å². The molecule has 0 bridgehead atoms. The first kappa shape index (κ1) is 17.4. The number of aromatic nitrogens is 2. The summed E-state index contributed by atoms with van der Waals surface area (Å²) >= 11 is 0. The molecule has 1 amide bonds.